The van der Waals surface area contributed by atoms with Crippen molar-refractivity contribution >= 4 is 22.9 Å². The summed E-state index contributed by atoms with van der Waals surface area (Å²) in [6.07, 6.45) is 1.48. The maximum absolute atomic E-state index is 12.6. The predicted molar refractivity (Wildman–Crippen MR) is 133 cm³/mol. The average Bonchev–Trinajstić information content (AvgIpc) is 2.92. The fourth-order valence-electron chi connectivity index (χ4n) is 3.74. The molecule has 0 unspecified atom stereocenters. The first kappa shape index (κ1) is 24.2. The van der Waals surface area contributed by atoms with Crippen LogP contribution in [-0.2, 0) is 12.8 Å². The number of aryl methyl sites for hydroxylation is 2. The summed E-state index contributed by atoms with van der Waals surface area (Å²) in [5.41, 5.74) is 3.73. The molecular weight excluding hydrogens is 460 g/mol. The van der Waals surface area contributed by atoms with E-state index in [2.05, 4.69) is 0 Å². The summed E-state index contributed by atoms with van der Waals surface area (Å²) in [6, 6.07) is 25.5. The standard InChI is InChI=1S/C28H20N2O6/c31-27(23-11-15-25(16-12-23)29(33)34)21-7-3-19(4-8-21)1-2-20-5-9-22(10-6-20)28(32)24-13-17-26(18-14-24)30(35)36/h3-18H,1-2H2. The number of carbonyl (C=O) groups is 2. The van der Waals surface area contributed by atoms with Crippen molar-refractivity contribution in [3.8, 4) is 0 Å². The van der Waals surface area contributed by atoms with Gasteiger partial charge in [-0.25, -0.2) is 0 Å². The van der Waals surface area contributed by atoms with E-state index in [4.69, 9.17) is 0 Å². The van der Waals surface area contributed by atoms with Gasteiger partial charge in [0, 0.05) is 46.5 Å². The second kappa shape index (κ2) is 10.5. The Bertz CT molecular complexity index is 1310. The zero-order valence-corrected chi connectivity index (χ0v) is 19.0. The summed E-state index contributed by atoms with van der Waals surface area (Å²) in [4.78, 5) is 45.8. The molecule has 178 valence electrons. The molecule has 0 radical (unpaired) electrons. The van der Waals surface area contributed by atoms with E-state index < -0.39 is 9.85 Å². The highest BCUT2D eigenvalue weighted by Gasteiger charge is 2.13. The lowest BCUT2D eigenvalue weighted by molar-refractivity contribution is -0.385. The molecule has 0 spiro atoms. The van der Waals surface area contributed by atoms with Gasteiger partial charge in [-0.3, -0.25) is 29.8 Å². The molecule has 36 heavy (non-hydrogen) atoms. The van der Waals surface area contributed by atoms with Crippen molar-refractivity contribution in [3.63, 3.8) is 0 Å². The van der Waals surface area contributed by atoms with Crippen LogP contribution < -0.4 is 0 Å². The number of non-ortho nitro benzene ring substituents is 2. The van der Waals surface area contributed by atoms with Crippen LogP contribution >= 0.6 is 0 Å². The number of hydrogen-bond donors (Lipinski definition) is 0. The van der Waals surface area contributed by atoms with Gasteiger partial charge in [-0.15, -0.1) is 0 Å². The van der Waals surface area contributed by atoms with E-state index in [1.807, 2.05) is 24.3 Å². The Kier molecular flexibility index (Phi) is 7.06. The maximum Gasteiger partial charge on any atom is 0.269 e. The summed E-state index contributed by atoms with van der Waals surface area (Å²) in [5, 5.41) is 21.5. The molecule has 0 amide bonds. The van der Waals surface area contributed by atoms with Gasteiger partial charge in [-0.05, 0) is 48.2 Å². The molecule has 0 bridgehead atoms. The van der Waals surface area contributed by atoms with Crippen LogP contribution in [0.4, 0.5) is 11.4 Å². The molecule has 0 aromatic heterocycles. The lowest BCUT2D eigenvalue weighted by Crippen LogP contribution is -2.02. The number of nitro benzene ring substituents is 2. The Labute approximate surface area is 206 Å². The van der Waals surface area contributed by atoms with Gasteiger partial charge in [0.05, 0.1) is 9.85 Å². The third kappa shape index (κ3) is 5.56. The summed E-state index contributed by atoms with van der Waals surface area (Å²) in [5.74, 6) is -0.408. The maximum atomic E-state index is 12.6. The molecule has 0 saturated carbocycles. The highest BCUT2D eigenvalue weighted by molar-refractivity contribution is 6.09. The topological polar surface area (TPSA) is 120 Å². The lowest BCUT2D eigenvalue weighted by atomic mass is 9.98. The smallest absolute Gasteiger partial charge is 0.269 e. The number of hydrogen-bond acceptors (Lipinski definition) is 6. The number of rotatable bonds is 9. The molecule has 0 saturated heterocycles. The van der Waals surface area contributed by atoms with Crippen LogP contribution in [0.3, 0.4) is 0 Å². The van der Waals surface area contributed by atoms with Gasteiger partial charge < -0.3 is 0 Å². The predicted octanol–water partition coefficient (Wildman–Crippen LogP) is 5.75. The first-order valence-electron chi connectivity index (χ1n) is 11.1. The van der Waals surface area contributed by atoms with Crippen LogP contribution in [0, 0.1) is 20.2 Å². The molecule has 8 heteroatoms. The summed E-state index contributed by atoms with van der Waals surface area (Å²) in [6.45, 7) is 0. The Balaban J connectivity index is 1.35. The third-order valence-corrected chi connectivity index (χ3v) is 5.82. The minimum absolute atomic E-state index is 0.0642. The SMILES string of the molecule is O=C(c1ccc(CCc2ccc(C(=O)c3ccc([N+](=O)[O-])cc3)cc2)cc1)c1ccc([N+](=O)[O-])cc1. The van der Waals surface area contributed by atoms with Crippen molar-refractivity contribution in [1.82, 2.24) is 0 Å². The van der Waals surface area contributed by atoms with Gasteiger partial charge in [-0.1, -0.05) is 48.5 Å². The zero-order valence-electron chi connectivity index (χ0n) is 19.0. The number of carbonyl (C=O) groups excluding carboxylic acids is 2. The fourth-order valence-corrected chi connectivity index (χ4v) is 3.74. The molecular formula is C28H20N2O6. The van der Waals surface area contributed by atoms with E-state index in [9.17, 15) is 29.8 Å². The minimum atomic E-state index is -0.506. The van der Waals surface area contributed by atoms with Gasteiger partial charge in [0.1, 0.15) is 0 Å². The number of ketones is 2. The van der Waals surface area contributed by atoms with E-state index in [1.54, 1.807) is 24.3 Å². The van der Waals surface area contributed by atoms with Crippen LogP contribution in [0.5, 0.6) is 0 Å². The molecule has 0 heterocycles. The normalized spacial score (nSPS) is 10.6. The highest BCUT2D eigenvalue weighted by atomic mass is 16.6. The molecule has 0 aliphatic rings. The van der Waals surface area contributed by atoms with Crippen molar-refractivity contribution in [2.45, 2.75) is 12.8 Å². The first-order chi connectivity index (χ1) is 17.3. The van der Waals surface area contributed by atoms with E-state index in [-0.39, 0.29) is 22.9 Å². The van der Waals surface area contributed by atoms with E-state index in [0.29, 0.717) is 22.3 Å². The second-order valence-electron chi connectivity index (χ2n) is 8.16. The molecule has 4 aromatic carbocycles. The number of nitro groups is 2. The Morgan fingerprint density at radius 1 is 0.472 bits per heavy atom. The number of benzene rings is 4. The summed E-state index contributed by atoms with van der Waals surface area (Å²) < 4.78 is 0. The molecule has 4 aromatic rings. The molecule has 0 N–H and O–H groups in total. The van der Waals surface area contributed by atoms with E-state index in [1.165, 1.54) is 48.5 Å². The average molecular weight is 480 g/mol. The van der Waals surface area contributed by atoms with Crippen LogP contribution in [-0.4, -0.2) is 21.4 Å². The largest absolute Gasteiger partial charge is 0.289 e. The molecule has 0 aliphatic carbocycles. The van der Waals surface area contributed by atoms with Gasteiger partial charge >= 0.3 is 0 Å². The van der Waals surface area contributed by atoms with Crippen LogP contribution in [0.1, 0.15) is 43.0 Å². The molecule has 4 rings (SSSR count). The van der Waals surface area contributed by atoms with Gasteiger partial charge in [-0.2, -0.15) is 0 Å². The van der Waals surface area contributed by atoms with Crippen molar-refractivity contribution in [1.29, 1.82) is 0 Å². The quantitative estimate of drug-likeness (QED) is 0.171. The number of nitrogens with zero attached hydrogens (tertiary/aromatic N) is 2. The van der Waals surface area contributed by atoms with Gasteiger partial charge in [0.25, 0.3) is 11.4 Å². The first-order valence-corrected chi connectivity index (χ1v) is 11.1. The zero-order chi connectivity index (χ0) is 25.7. The molecule has 0 fully saturated rings. The van der Waals surface area contributed by atoms with Gasteiger partial charge in [0.2, 0.25) is 0 Å². The summed E-state index contributed by atoms with van der Waals surface area (Å²) >= 11 is 0. The lowest BCUT2D eigenvalue weighted by Gasteiger charge is -2.06. The van der Waals surface area contributed by atoms with Crippen LogP contribution in [0.25, 0.3) is 0 Å². The van der Waals surface area contributed by atoms with Crippen molar-refractivity contribution in [2.24, 2.45) is 0 Å². The van der Waals surface area contributed by atoms with Crippen molar-refractivity contribution in [2.75, 3.05) is 0 Å². The third-order valence-electron chi connectivity index (χ3n) is 5.82. The Morgan fingerprint density at radius 3 is 0.972 bits per heavy atom. The Morgan fingerprint density at radius 2 is 0.722 bits per heavy atom. The minimum Gasteiger partial charge on any atom is -0.289 e. The van der Waals surface area contributed by atoms with Crippen molar-refractivity contribution < 1.29 is 19.4 Å². The fraction of sp³-hybridized carbons (Fsp3) is 0.0714. The molecule has 8 nitrogen and oxygen atoms in total. The van der Waals surface area contributed by atoms with Crippen molar-refractivity contribution in [3.05, 3.63) is 151 Å². The second-order valence-corrected chi connectivity index (χ2v) is 8.16. The van der Waals surface area contributed by atoms with E-state index >= 15 is 0 Å². The monoisotopic (exact) mass is 480 g/mol. The van der Waals surface area contributed by atoms with Crippen LogP contribution in [0.2, 0.25) is 0 Å². The highest BCUT2D eigenvalue weighted by Crippen LogP contribution is 2.18. The molecule has 0 aliphatic heterocycles. The Hall–Kier alpha value is -4.98. The summed E-state index contributed by atoms with van der Waals surface area (Å²) in [7, 11) is 0. The van der Waals surface area contributed by atoms with Crippen LogP contribution in [0.15, 0.2) is 97.1 Å². The molecule has 0 atom stereocenters. The van der Waals surface area contributed by atoms with E-state index in [0.717, 1.165) is 24.0 Å². The van der Waals surface area contributed by atoms with Gasteiger partial charge in [0.15, 0.2) is 11.6 Å².